The Balaban J connectivity index is 1.49. The molecular weight excluding hydrogens is 587 g/mol. The zero-order valence-electron chi connectivity index (χ0n) is 27.3. The highest BCUT2D eigenvalue weighted by Crippen LogP contribution is 2.48. The van der Waals surface area contributed by atoms with E-state index in [2.05, 4.69) is 140 Å². The molecule has 5 aromatic carbocycles. The molecule has 3 heteroatoms. The molecule has 2 unspecified atom stereocenters. The van der Waals surface area contributed by atoms with Crippen molar-refractivity contribution in [2.24, 2.45) is 5.92 Å². The molecule has 1 aliphatic rings. The van der Waals surface area contributed by atoms with Crippen LogP contribution in [0.25, 0.3) is 44.0 Å². The number of benzene rings is 5. The van der Waals surface area contributed by atoms with E-state index in [9.17, 15) is 5.11 Å². The fraction of sp³-hybridized carbons (Fsp3) is 0.111. The van der Waals surface area contributed by atoms with Gasteiger partial charge in [-0.1, -0.05) is 128 Å². The molecule has 1 aliphatic carbocycles. The Kier molecular flexibility index (Phi) is 8.54. The zero-order valence-corrected chi connectivity index (χ0v) is 27.3. The maximum absolute atomic E-state index is 10.6. The van der Waals surface area contributed by atoms with E-state index in [-0.39, 0.29) is 5.92 Å². The number of furan rings is 1. The predicted octanol–water partition coefficient (Wildman–Crippen LogP) is 11.5. The number of fused-ring (bicyclic) bond motifs is 7. The largest absolute Gasteiger partial charge is 0.460 e. The molecule has 48 heavy (non-hydrogen) atoms. The maximum Gasteiger partial charge on any atom is 0.137 e. The van der Waals surface area contributed by atoms with E-state index >= 15 is 0 Å². The van der Waals surface area contributed by atoms with Crippen LogP contribution >= 0.6 is 0 Å². The van der Waals surface area contributed by atoms with Crippen molar-refractivity contribution >= 4 is 33.1 Å². The lowest BCUT2D eigenvalue weighted by Crippen LogP contribution is -2.18. The summed E-state index contributed by atoms with van der Waals surface area (Å²) >= 11 is 0. The molecule has 1 aromatic heterocycles. The van der Waals surface area contributed by atoms with Gasteiger partial charge < -0.3 is 14.4 Å². The standard InChI is InChI=1S/C45H39NO2/c1-5-33(27-25-30(4)34(6-2)41(47)7-3)46(39-24-16-15-20-35(39)31-17-9-8-10-18-31)40-29-43-45(38-23-14-13-22-37(38)40)44-36-21-12-11-19-32(36)26-28-42(44)48-43/h5-25,27,29,34,41,47H,2-4,26,28H2,1H3/b27-25-,33-5+. The minimum absolute atomic E-state index is 0.351. The van der Waals surface area contributed by atoms with Crippen molar-refractivity contribution in [1.29, 1.82) is 0 Å². The molecule has 0 amide bonds. The lowest BCUT2D eigenvalue weighted by Gasteiger charge is -2.30. The zero-order chi connectivity index (χ0) is 33.2. The molecule has 0 radical (unpaired) electrons. The Morgan fingerprint density at radius 3 is 2.21 bits per heavy atom. The lowest BCUT2D eigenvalue weighted by atomic mass is 9.87. The van der Waals surface area contributed by atoms with Gasteiger partial charge in [0.2, 0.25) is 0 Å². The van der Waals surface area contributed by atoms with Crippen molar-refractivity contribution < 1.29 is 9.52 Å². The smallest absolute Gasteiger partial charge is 0.137 e. The lowest BCUT2D eigenvalue weighted by molar-refractivity contribution is 0.194. The Morgan fingerprint density at radius 1 is 0.771 bits per heavy atom. The average Bonchev–Trinajstić information content (AvgIpc) is 3.53. The number of hydrogen-bond acceptors (Lipinski definition) is 3. The van der Waals surface area contributed by atoms with Crippen LogP contribution in [0.3, 0.4) is 0 Å². The third-order valence-corrected chi connectivity index (χ3v) is 9.44. The number of aryl methyl sites for hydroxylation is 2. The second kappa shape index (κ2) is 13.2. The average molecular weight is 626 g/mol. The van der Waals surface area contributed by atoms with E-state index < -0.39 is 6.10 Å². The number of aliphatic hydroxyl groups excluding tert-OH is 1. The van der Waals surface area contributed by atoms with Crippen LogP contribution in [0.5, 0.6) is 0 Å². The number of anilines is 2. The van der Waals surface area contributed by atoms with Crippen LogP contribution in [0.1, 0.15) is 18.2 Å². The first kappa shape index (κ1) is 31.0. The Bertz CT molecular complexity index is 2230. The van der Waals surface area contributed by atoms with Crippen LogP contribution in [0, 0.1) is 5.92 Å². The number of nitrogens with zero attached hydrogens (tertiary/aromatic N) is 1. The van der Waals surface area contributed by atoms with Crippen molar-refractivity contribution in [3.8, 4) is 22.3 Å². The first-order valence-electron chi connectivity index (χ1n) is 16.5. The van der Waals surface area contributed by atoms with Gasteiger partial charge in [0.15, 0.2) is 0 Å². The molecule has 2 atom stereocenters. The first-order chi connectivity index (χ1) is 23.5. The molecule has 6 aromatic rings. The highest BCUT2D eigenvalue weighted by molar-refractivity contribution is 6.19. The third kappa shape index (κ3) is 5.42. The third-order valence-electron chi connectivity index (χ3n) is 9.44. The summed E-state index contributed by atoms with van der Waals surface area (Å²) in [6, 6.07) is 38.6. The first-order valence-corrected chi connectivity index (χ1v) is 16.5. The molecular formula is C45H39NO2. The van der Waals surface area contributed by atoms with Gasteiger partial charge in [-0.2, -0.15) is 0 Å². The van der Waals surface area contributed by atoms with E-state index in [4.69, 9.17) is 4.42 Å². The van der Waals surface area contributed by atoms with Gasteiger partial charge in [-0.05, 0) is 53.1 Å². The molecule has 0 fully saturated rings. The minimum Gasteiger partial charge on any atom is -0.460 e. The summed E-state index contributed by atoms with van der Waals surface area (Å²) in [5, 5.41) is 14.0. The number of para-hydroxylation sites is 1. The van der Waals surface area contributed by atoms with Crippen molar-refractivity contribution in [3.63, 3.8) is 0 Å². The molecule has 0 aliphatic heterocycles. The van der Waals surface area contributed by atoms with Gasteiger partial charge in [-0.25, -0.2) is 0 Å². The van der Waals surface area contributed by atoms with Crippen molar-refractivity contribution in [2.45, 2.75) is 25.9 Å². The Morgan fingerprint density at radius 2 is 1.46 bits per heavy atom. The summed E-state index contributed by atoms with van der Waals surface area (Å²) in [6.07, 6.45) is 10.5. The monoisotopic (exact) mass is 625 g/mol. The summed E-state index contributed by atoms with van der Waals surface area (Å²) in [5.74, 6) is 0.692. The molecule has 0 bridgehead atoms. The van der Waals surface area contributed by atoms with E-state index in [0.29, 0.717) is 0 Å². The topological polar surface area (TPSA) is 36.6 Å². The molecule has 7 rings (SSSR count). The summed E-state index contributed by atoms with van der Waals surface area (Å²) in [7, 11) is 0. The predicted molar refractivity (Wildman–Crippen MR) is 203 cm³/mol. The number of rotatable bonds is 10. The van der Waals surface area contributed by atoms with Crippen molar-refractivity contribution in [1.82, 2.24) is 0 Å². The molecule has 3 nitrogen and oxygen atoms in total. The van der Waals surface area contributed by atoms with Gasteiger partial charge in [0.1, 0.15) is 11.3 Å². The maximum atomic E-state index is 10.6. The summed E-state index contributed by atoms with van der Waals surface area (Å²) in [6.45, 7) is 14.0. The number of aliphatic hydroxyl groups is 1. The molecule has 0 spiro atoms. The fourth-order valence-corrected chi connectivity index (χ4v) is 7.07. The quantitative estimate of drug-likeness (QED) is 0.122. The van der Waals surface area contributed by atoms with Crippen LogP contribution in [-0.2, 0) is 12.8 Å². The van der Waals surface area contributed by atoms with Crippen molar-refractivity contribution in [2.75, 3.05) is 4.90 Å². The van der Waals surface area contributed by atoms with E-state index in [1.807, 2.05) is 19.1 Å². The molecule has 1 heterocycles. The van der Waals surface area contributed by atoms with Gasteiger partial charge >= 0.3 is 0 Å². The van der Waals surface area contributed by atoms with Crippen LogP contribution in [0.15, 0.2) is 175 Å². The second-order valence-electron chi connectivity index (χ2n) is 12.2. The van der Waals surface area contributed by atoms with Gasteiger partial charge in [0.25, 0.3) is 0 Å². The van der Waals surface area contributed by atoms with Gasteiger partial charge in [-0.3, -0.25) is 0 Å². The molecule has 0 saturated carbocycles. The highest BCUT2D eigenvalue weighted by Gasteiger charge is 2.27. The normalized spacial score (nSPS) is 14.0. The minimum atomic E-state index is -0.773. The highest BCUT2D eigenvalue weighted by atomic mass is 16.3. The van der Waals surface area contributed by atoms with E-state index in [1.165, 1.54) is 22.8 Å². The van der Waals surface area contributed by atoms with Crippen LogP contribution in [0.2, 0.25) is 0 Å². The van der Waals surface area contributed by atoms with Crippen LogP contribution < -0.4 is 4.90 Å². The molecule has 236 valence electrons. The Hall–Kier alpha value is -5.64. The van der Waals surface area contributed by atoms with E-state index in [1.54, 1.807) is 6.08 Å². The Labute approximate surface area is 282 Å². The van der Waals surface area contributed by atoms with Gasteiger partial charge in [0, 0.05) is 46.0 Å². The number of allylic oxidation sites excluding steroid dienone is 3. The van der Waals surface area contributed by atoms with Crippen molar-refractivity contribution in [3.05, 3.63) is 182 Å². The van der Waals surface area contributed by atoms with Crippen LogP contribution in [-0.4, -0.2) is 11.2 Å². The SMILES string of the molecule is C=CC(O)C(C=C)C(=C)/C=C\C(=C/C)N(c1ccccc1-c1ccccc1)c1cc2oc3c(c2c2ccccc12)-c1ccccc1CC3. The van der Waals surface area contributed by atoms with E-state index in [0.717, 1.165) is 74.1 Å². The van der Waals surface area contributed by atoms with Crippen LogP contribution in [0.4, 0.5) is 11.4 Å². The fourth-order valence-electron chi connectivity index (χ4n) is 7.07. The van der Waals surface area contributed by atoms with Gasteiger partial charge in [0.05, 0.1) is 17.5 Å². The summed E-state index contributed by atoms with van der Waals surface area (Å²) in [5.41, 5.74) is 10.7. The summed E-state index contributed by atoms with van der Waals surface area (Å²) in [4.78, 5) is 2.32. The number of hydrogen-bond donors (Lipinski definition) is 1. The summed E-state index contributed by atoms with van der Waals surface area (Å²) < 4.78 is 6.77. The molecule has 1 N–H and O–H groups in total. The van der Waals surface area contributed by atoms with Gasteiger partial charge in [-0.15, -0.1) is 13.2 Å². The molecule has 0 saturated heterocycles. The second-order valence-corrected chi connectivity index (χ2v) is 12.2.